The Morgan fingerprint density at radius 2 is 0.515 bits per heavy atom. The molecule has 0 spiro atoms. The zero-order valence-corrected chi connectivity index (χ0v) is 61.5. The Kier molecular flexibility index (Phi) is 42.5. The molecule has 0 bridgehead atoms. The molecule has 99 heavy (non-hydrogen) atoms. The van der Waals surface area contributed by atoms with E-state index in [2.05, 4.69) is 69.1 Å². The van der Waals surface area contributed by atoms with Crippen LogP contribution >= 0.6 is 0 Å². The van der Waals surface area contributed by atoms with Crippen LogP contribution in [0.25, 0.3) is 0 Å². The van der Waals surface area contributed by atoms with Gasteiger partial charge in [0, 0.05) is 0 Å². The first-order chi connectivity index (χ1) is 46.0. The summed E-state index contributed by atoms with van der Waals surface area (Å²) in [4.78, 5) is 202. The number of hydrogen-bond acceptors (Lipinski definition) is 18. The molecule has 0 heterocycles. The van der Waals surface area contributed by atoms with Crippen LogP contribution in [0, 0.1) is 35.5 Å². The third kappa shape index (κ3) is 36.0. The average Bonchev–Trinajstić information content (AvgIpc) is 0.883. The van der Waals surface area contributed by atoms with E-state index < -0.39 is 180 Å². The average molecular weight is 1410 g/mol. The standard InChI is InChI=1S/C66H122N18O15/c1-18-37(12)52(70)66(99)84-50(31-51(69)85)65(98)83-49(30-36(10)11)63(96)78-43(22-19-20-24-67)59(92)73-41(16)57(90)81-46(27-33(4)5)61(94)75-38(13)54(87)72-39(14)56(89)80-47(28-34(6)7)62(95)76-40(15)55(88)77-44(23-21-25-68)60(93)74-42(17)58(91)82-48(29-35(8)9)64(97)79-45(53(71)86)26-32(2)3/h32-50,52H,18-31,67-68,70H2,1-17H3,(H2,69,85)(H2,71,86)(H,72,87)(H,73,92)(H,74,93)(H,75,94)(H,76,95)(H,77,88)(H,78,96)(H,79,97)(H,80,89)(H,81,90)(H,82,91)(H,83,98)(H,84,99)/t37-,38-,39-,40-,41-,42-,43-,44-,45-,46-,47-,48-,49-,50-,52-/m0/s1. The lowest BCUT2D eigenvalue weighted by Gasteiger charge is -2.28. The van der Waals surface area contributed by atoms with Crippen molar-refractivity contribution >= 4 is 88.6 Å². The summed E-state index contributed by atoms with van der Waals surface area (Å²) in [6.45, 7) is 28.8. The number of carbonyl (C=O) groups is 15. The summed E-state index contributed by atoms with van der Waals surface area (Å²) >= 11 is 0. The molecular formula is C66H122N18O15. The van der Waals surface area contributed by atoms with Crippen molar-refractivity contribution < 1.29 is 71.9 Å². The van der Waals surface area contributed by atoms with E-state index in [9.17, 15) is 71.9 Å². The predicted molar refractivity (Wildman–Crippen MR) is 372 cm³/mol. The normalized spacial score (nSPS) is 16.0. The molecule has 0 aromatic heterocycles. The molecule has 566 valence electrons. The van der Waals surface area contributed by atoms with Crippen molar-refractivity contribution in [2.24, 2.45) is 64.2 Å². The van der Waals surface area contributed by atoms with E-state index in [1.54, 1.807) is 48.5 Å². The SMILES string of the molecule is CC[C@H](C)[C@H](N)C(=O)N[C@@H](CC(N)=O)C(=O)N[C@@H](CC(C)C)C(=O)N[C@@H](CCCCN)C(=O)N[C@@H](C)C(=O)N[C@@H](CC(C)C)C(=O)N[C@@H](C)C(=O)N[C@@H](C)C(=O)N[C@@H](CC(C)C)C(=O)N[C@@H](C)C(=O)N[C@@H](CCCN)C(=O)N[C@@H](C)C(=O)N[C@@H](CC(C)C)C(=O)N[C@@H](CC(C)C)C(N)=O. The van der Waals surface area contributed by atoms with Crippen molar-refractivity contribution in [1.29, 1.82) is 0 Å². The molecule has 33 heteroatoms. The smallest absolute Gasteiger partial charge is 0.243 e. The van der Waals surface area contributed by atoms with Gasteiger partial charge < -0.3 is 97.8 Å². The highest BCUT2D eigenvalue weighted by atomic mass is 16.2. The molecular weight excluding hydrogens is 1280 g/mol. The van der Waals surface area contributed by atoms with Crippen LogP contribution in [-0.2, 0) is 71.9 Å². The fourth-order valence-electron chi connectivity index (χ4n) is 10.00. The first kappa shape index (κ1) is 90.9. The lowest BCUT2D eigenvalue weighted by molar-refractivity contribution is -0.136. The Balaban J connectivity index is 6.16. The van der Waals surface area contributed by atoms with Crippen LogP contribution in [0.1, 0.15) is 195 Å². The second kappa shape index (κ2) is 46.3. The van der Waals surface area contributed by atoms with Gasteiger partial charge in [-0.15, -0.1) is 0 Å². The number of hydrogen-bond donors (Lipinski definition) is 18. The number of nitrogens with two attached hydrogens (primary N) is 5. The number of rotatable bonds is 48. The second-order valence-electron chi connectivity index (χ2n) is 28.0. The summed E-state index contributed by atoms with van der Waals surface area (Å²) < 4.78 is 0. The Hall–Kier alpha value is -8.07. The number of amides is 15. The minimum absolute atomic E-state index is 0.0203. The van der Waals surface area contributed by atoms with Crippen LogP contribution in [0.3, 0.4) is 0 Å². The van der Waals surface area contributed by atoms with Gasteiger partial charge in [-0.25, -0.2) is 0 Å². The van der Waals surface area contributed by atoms with Crippen molar-refractivity contribution in [2.75, 3.05) is 13.1 Å². The van der Waals surface area contributed by atoms with Crippen LogP contribution in [0.4, 0.5) is 0 Å². The van der Waals surface area contributed by atoms with Crippen molar-refractivity contribution in [3.8, 4) is 0 Å². The molecule has 33 nitrogen and oxygen atoms in total. The molecule has 0 aliphatic carbocycles. The molecule has 0 saturated carbocycles. The first-order valence-electron chi connectivity index (χ1n) is 34.7. The summed E-state index contributed by atoms with van der Waals surface area (Å²) in [6.07, 6.45) is 1.76. The van der Waals surface area contributed by atoms with E-state index in [1.165, 1.54) is 34.6 Å². The van der Waals surface area contributed by atoms with Gasteiger partial charge in [-0.3, -0.25) is 71.9 Å². The molecule has 15 amide bonds. The highest BCUT2D eigenvalue weighted by Crippen LogP contribution is 2.14. The number of unbranched alkanes of at least 4 members (excludes halogenated alkanes) is 1. The van der Waals surface area contributed by atoms with Gasteiger partial charge in [0.15, 0.2) is 0 Å². The third-order valence-electron chi connectivity index (χ3n) is 16.0. The molecule has 0 unspecified atom stereocenters. The fourth-order valence-corrected chi connectivity index (χ4v) is 10.00. The summed E-state index contributed by atoms with van der Waals surface area (Å²) in [5.74, 6) is -12.7. The van der Waals surface area contributed by atoms with E-state index in [4.69, 9.17) is 28.7 Å². The van der Waals surface area contributed by atoms with Crippen LogP contribution in [0.2, 0.25) is 0 Å². The molecule has 0 rings (SSSR count). The summed E-state index contributed by atoms with van der Waals surface area (Å²) in [5.41, 5.74) is 28.5. The van der Waals surface area contributed by atoms with Crippen molar-refractivity contribution in [2.45, 2.75) is 279 Å². The van der Waals surface area contributed by atoms with Crippen molar-refractivity contribution in [3.05, 3.63) is 0 Å². The maximum atomic E-state index is 14.0. The van der Waals surface area contributed by atoms with E-state index >= 15 is 0 Å². The van der Waals surface area contributed by atoms with E-state index in [0.717, 1.165) is 0 Å². The molecule has 15 atom stereocenters. The maximum absolute atomic E-state index is 14.0. The molecule has 0 aliphatic rings. The Labute approximate surface area is 584 Å². The zero-order valence-electron chi connectivity index (χ0n) is 61.5. The summed E-state index contributed by atoms with van der Waals surface area (Å²) in [6, 6.07) is -17.3. The molecule has 0 radical (unpaired) electrons. The highest BCUT2D eigenvalue weighted by molar-refractivity contribution is 6.00. The van der Waals surface area contributed by atoms with Gasteiger partial charge in [0.1, 0.15) is 78.5 Å². The molecule has 0 aromatic rings. The van der Waals surface area contributed by atoms with Crippen LogP contribution in [0.15, 0.2) is 0 Å². The van der Waals surface area contributed by atoms with Gasteiger partial charge in [0.2, 0.25) is 88.6 Å². The zero-order chi connectivity index (χ0) is 76.3. The minimum atomic E-state index is -1.48. The lowest BCUT2D eigenvalue weighted by Crippen LogP contribution is -2.60. The predicted octanol–water partition coefficient (Wildman–Crippen LogP) is -2.78. The number of carbonyl (C=O) groups excluding carboxylic acids is 15. The summed E-state index contributed by atoms with van der Waals surface area (Å²) in [7, 11) is 0. The molecule has 0 saturated heterocycles. The van der Waals surface area contributed by atoms with Crippen LogP contribution in [0.5, 0.6) is 0 Å². The van der Waals surface area contributed by atoms with Crippen LogP contribution in [-0.4, -0.2) is 186 Å². The largest absolute Gasteiger partial charge is 0.370 e. The van der Waals surface area contributed by atoms with Crippen molar-refractivity contribution in [3.63, 3.8) is 0 Å². The maximum Gasteiger partial charge on any atom is 0.243 e. The van der Waals surface area contributed by atoms with Gasteiger partial charge in [-0.1, -0.05) is 89.5 Å². The van der Waals surface area contributed by atoms with Gasteiger partial charge in [-0.05, 0) is 147 Å². The van der Waals surface area contributed by atoms with Gasteiger partial charge >= 0.3 is 0 Å². The summed E-state index contributed by atoms with van der Waals surface area (Å²) in [5, 5.41) is 33.5. The van der Waals surface area contributed by atoms with Gasteiger partial charge in [0.25, 0.3) is 0 Å². The molecule has 0 fully saturated rings. The topological polar surface area (TPSA) is 543 Å². The monoisotopic (exact) mass is 1410 g/mol. The highest BCUT2D eigenvalue weighted by Gasteiger charge is 2.37. The quantitative estimate of drug-likeness (QED) is 0.0274. The second-order valence-corrected chi connectivity index (χ2v) is 28.0. The Bertz CT molecular complexity index is 2700. The van der Waals surface area contributed by atoms with Crippen LogP contribution < -0.4 is 97.8 Å². The Morgan fingerprint density at radius 3 is 0.818 bits per heavy atom. The van der Waals surface area contributed by atoms with Gasteiger partial charge in [0.05, 0.1) is 12.5 Å². The number of nitrogens with one attached hydrogen (secondary N) is 13. The minimum Gasteiger partial charge on any atom is -0.370 e. The Morgan fingerprint density at radius 1 is 0.283 bits per heavy atom. The van der Waals surface area contributed by atoms with Gasteiger partial charge in [-0.2, -0.15) is 0 Å². The molecule has 0 aromatic carbocycles. The lowest BCUT2D eigenvalue weighted by atomic mass is 9.98. The van der Waals surface area contributed by atoms with E-state index in [0.29, 0.717) is 19.3 Å². The first-order valence-corrected chi connectivity index (χ1v) is 34.7. The fraction of sp³-hybridized carbons (Fsp3) is 0.773. The third-order valence-corrected chi connectivity index (χ3v) is 16.0. The molecule has 0 aliphatic heterocycles. The van der Waals surface area contributed by atoms with E-state index in [1.807, 2.05) is 34.6 Å². The van der Waals surface area contributed by atoms with E-state index in [-0.39, 0.29) is 100.0 Å². The molecule has 23 N–H and O–H groups in total. The number of primary amides is 2. The van der Waals surface area contributed by atoms with Crippen molar-refractivity contribution in [1.82, 2.24) is 69.1 Å².